The van der Waals surface area contributed by atoms with Crippen LogP contribution in [0.1, 0.15) is 46.6 Å². The average Bonchev–Trinajstić information content (AvgIpc) is 3.50. The highest BCUT2D eigenvalue weighted by atomic mass is 19.1. The molecule has 1 N–H and O–H groups in total. The molecule has 0 fully saturated rings. The maximum atomic E-state index is 14.1. The molecule has 2 amide bonds. The summed E-state index contributed by atoms with van der Waals surface area (Å²) in [6.45, 7) is 6.45. The van der Waals surface area contributed by atoms with E-state index < -0.39 is 6.04 Å². The van der Waals surface area contributed by atoms with Crippen LogP contribution in [0.3, 0.4) is 0 Å². The lowest BCUT2D eigenvalue weighted by molar-refractivity contribution is 0.194. The van der Waals surface area contributed by atoms with Gasteiger partial charge in [0.15, 0.2) is 0 Å². The van der Waals surface area contributed by atoms with Gasteiger partial charge in [0, 0.05) is 17.4 Å². The molecule has 0 saturated heterocycles. The van der Waals surface area contributed by atoms with E-state index in [9.17, 15) is 9.18 Å². The van der Waals surface area contributed by atoms with Gasteiger partial charge in [0.05, 0.1) is 29.7 Å². The van der Waals surface area contributed by atoms with Gasteiger partial charge >= 0.3 is 6.03 Å². The number of carbonyl (C=O) groups excluding carboxylic acids is 1. The number of rotatable bonds is 4. The predicted octanol–water partition coefficient (Wildman–Crippen LogP) is 7.12. The Labute approximate surface area is 227 Å². The van der Waals surface area contributed by atoms with E-state index in [1.165, 1.54) is 12.1 Å². The maximum absolute atomic E-state index is 14.1. The first-order chi connectivity index (χ1) is 18.9. The van der Waals surface area contributed by atoms with Gasteiger partial charge in [-0.1, -0.05) is 43.3 Å². The quantitative estimate of drug-likeness (QED) is 0.275. The number of urea groups is 1. The molecule has 1 aliphatic rings. The van der Waals surface area contributed by atoms with Crippen LogP contribution in [0.5, 0.6) is 0 Å². The fraction of sp³-hybridized carbons (Fsp3) is 0.188. The number of fused-ring (bicyclic) bond motifs is 3. The van der Waals surface area contributed by atoms with Gasteiger partial charge < -0.3 is 14.8 Å². The molecule has 196 valence electrons. The molecule has 7 heteroatoms. The van der Waals surface area contributed by atoms with Crippen LogP contribution in [0.15, 0.2) is 91.1 Å². The zero-order valence-electron chi connectivity index (χ0n) is 22.2. The summed E-state index contributed by atoms with van der Waals surface area (Å²) >= 11 is 0. The number of halogens is 1. The average molecular weight is 520 g/mol. The molecule has 1 unspecified atom stereocenters. The summed E-state index contributed by atoms with van der Waals surface area (Å²) in [5.41, 5.74) is 7.47. The fourth-order valence-corrected chi connectivity index (χ4v) is 5.59. The molecule has 6 rings (SSSR count). The maximum Gasteiger partial charge on any atom is 0.322 e. The van der Waals surface area contributed by atoms with Gasteiger partial charge in [0.2, 0.25) is 0 Å². The summed E-state index contributed by atoms with van der Waals surface area (Å²) in [5.74, 6) is 0.595. The number of hydrogen-bond donors (Lipinski definition) is 1. The van der Waals surface area contributed by atoms with Gasteiger partial charge in [0.1, 0.15) is 11.6 Å². The van der Waals surface area contributed by atoms with Crippen LogP contribution in [0.2, 0.25) is 0 Å². The Kier molecular flexibility index (Phi) is 6.27. The van der Waals surface area contributed by atoms with Gasteiger partial charge in [0.25, 0.3) is 0 Å². The molecule has 39 heavy (non-hydrogen) atoms. The lowest BCUT2D eigenvalue weighted by Crippen LogP contribution is -2.38. The van der Waals surface area contributed by atoms with Crippen LogP contribution in [0.4, 0.5) is 14.9 Å². The third-order valence-corrected chi connectivity index (χ3v) is 7.22. The lowest BCUT2D eigenvalue weighted by atomic mass is 10.0. The number of para-hydroxylation sites is 1. The largest absolute Gasteiger partial charge is 0.322 e. The minimum Gasteiger partial charge on any atom is -0.308 e. The number of carbonyl (C=O) groups is 1. The van der Waals surface area contributed by atoms with Crippen LogP contribution >= 0.6 is 0 Å². The van der Waals surface area contributed by atoms with E-state index in [4.69, 9.17) is 5.10 Å². The number of amides is 2. The van der Waals surface area contributed by atoms with Crippen molar-refractivity contribution in [2.24, 2.45) is 0 Å². The van der Waals surface area contributed by atoms with E-state index in [0.29, 0.717) is 13.0 Å². The number of aryl methyl sites for hydroxylation is 3. The van der Waals surface area contributed by atoms with Crippen molar-refractivity contribution in [1.29, 1.82) is 0 Å². The van der Waals surface area contributed by atoms with Gasteiger partial charge in [-0.25, -0.2) is 13.9 Å². The highest BCUT2D eigenvalue weighted by molar-refractivity contribution is 5.90. The number of benzene rings is 3. The van der Waals surface area contributed by atoms with E-state index in [1.807, 2.05) is 84.2 Å². The van der Waals surface area contributed by atoms with Gasteiger partial charge in [-0.2, -0.15) is 5.10 Å². The Morgan fingerprint density at radius 2 is 1.69 bits per heavy atom. The van der Waals surface area contributed by atoms with E-state index in [0.717, 1.165) is 50.8 Å². The zero-order valence-corrected chi connectivity index (χ0v) is 22.2. The third-order valence-electron chi connectivity index (χ3n) is 7.22. The van der Waals surface area contributed by atoms with Crippen molar-refractivity contribution in [2.75, 3.05) is 5.32 Å². The second kappa shape index (κ2) is 9.91. The fourth-order valence-electron chi connectivity index (χ4n) is 5.59. The molecule has 0 bridgehead atoms. The molecular formula is C32H30FN5O. The number of nitrogens with one attached hydrogen (secondary N) is 1. The van der Waals surface area contributed by atoms with Crippen molar-refractivity contribution < 1.29 is 9.18 Å². The molecule has 3 heterocycles. The minimum atomic E-state index is -0.451. The molecule has 0 aliphatic carbocycles. The summed E-state index contributed by atoms with van der Waals surface area (Å²) in [6.07, 6.45) is 2.73. The highest BCUT2D eigenvalue weighted by Gasteiger charge is 2.36. The molecule has 3 aromatic carbocycles. The summed E-state index contributed by atoms with van der Waals surface area (Å²) in [6, 6.07) is 25.8. The summed E-state index contributed by atoms with van der Waals surface area (Å²) in [4.78, 5) is 15.9. The second-order valence-electron chi connectivity index (χ2n) is 10.0. The van der Waals surface area contributed by atoms with Gasteiger partial charge in [-0.3, -0.25) is 0 Å². The van der Waals surface area contributed by atoms with E-state index in [2.05, 4.69) is 22.9 Å². The van der Waals surface area contributed by atoms with E-state index in [-0.39, 0.29) is 11.8 Å². The first-order valence-electron chi connectivity index (χ1n) is 13.2. The molecule has 0 radical (unpaired) electrons. The smallest absolute Gasteiger partial charge is 0.308 e. The number of nitrogens with zero attached hydrogens (tertiary/aromatic N) is 4. The SMILES string of the molecule is CCc1nn(-c2ccccc2)c2c1CN(C(=O)Nc1cc(C)cc(C)c1)C(c1ccc(F)cc1)c1cccn1-2. The molecule has 0 spiro atoms. The molecule has 5 aromatic rings. The van der Waals surface area contributed by atoms with Crippen molar-refractivity contribution in [2.45, 2.75) is 39.8 Å². The van der Waals surface area contributed by atoms with Crippen LogP contribution in [-0.4, -0.2) is 25.3 Å². The Morgan fingerprint density at radius 1 is 0.974 bits per heavy atom. The Morgan fingerprint density at radius 3 is 2.38 bits per heavy atom. The molecule has 1 atom stereocenters. The molecule has 6 nitrogen and oxygen atoms in total. The lowest BCUT2D eigenvalue weighted by Gasteiger charge is -2.31. The topological polar surface area (TPSA) is 55.1 Å². The summed E-state index contributed by atoms with van der Waals surface area (Å²) < 4.78 is 18.1. The Balaban J connectivity index is 1.54. The Bertz CT molecular complexity index is 1630. The second-order valence-corrected chi connectivity index (χ2v) is 10.0. The first-order valence-corrected chi connectivity index (χ1v) is 13.2. The van der Waals surface area contributed by atoms with E-state index in [1.54, 1.807) is 12.1 Å². The van der Waals surface area contributed by atoms with Crippen LogP contribution in [0, 0.1) is 19.7 Å². The van der Waals surface area contributed by atoms with Crippen molar-refractivity contribution in [3.05, 3.63) is 131 Å². The van der Waals surface area contributed by atoms with Gasteiger partial charge in [-0.15, -0.1) is 0 Å². The number of hydrogen-bond acceptors (Lipinski definition) is 2. The van der Waals surface area contributed by atoms with Crippen molar-refractivity contribution in [3.8, 4) is 11.5 Å². The van der Waals surface area contributed by atoms with E-state index >= 15 is 0 Å². The molecule has 2 aromatic heterocycles. The third kappa shape index (κ3) is 4.50. The normalized spacial score (nSPS) is 14.5. The zero-order chi connectivity index (χ0) is 27.1. The predicted molar refractivity (Wildman–Crippen MR) is 151 cm³/mol. The Hall–Kier alpha value is -4.65. The molecule has 1 aliphatic heterocycles. The molecule has 0 saturated carbocycles. The van der Waals surface area contributed by atoms with Crippen molar-refractivity contribution in [1.82, 2.24) is 19.2 Å². The summed E-state index contributed by atoms with van der Waals surface area (Å²) in [7, 11) is 0. The molecular weight excluding hydrogens is 489 g/mol. The van der Waals surface area contributed by atoms with Crippen molar-refractivity contribution in [3.63, 3.8) is 0 Å². The van der Waals surface area contributed by atoms with Gasteiger partial charge in [-0.05, 0) is 85.5 Å². The monoisotopic (exact) mass is 519 g/mol. The van der Waals surface area contributed by atoms with Crippen molar-refractivity contribution >= 4 is 11.7 Å². The van der Waals surface area contributed by atoms with Crippen LogP contribution in [0.25, 0.3) is 11.5 Å². The standard InChI is InChI=1S/C32H30FN5O/c1-4-28-27-20-37(32(39)34-25-18-21(2)17-22(3)19-25)30(23-12-14-24(33)15-13-23)29-11-8-16-36(29)31(27)38(35-28)26-9-6-5-7-10-26/h5-19,30H,4,20H2,1-3H3,(H,34,39). The van der Waals surface area contributed by atoms with Crippen LogP contribution < -0.4 is 5.32 Å². The number of anilines is 1. The minimum absolute atomic E-state index is 0.232. The first kappa shape index (κ1) is 24.7. The van der Waals surface area contributed by atoms with Crippen LogP contribution in [-0.2, 0) is 13.0 Å². The highest BCUT2D eigenvalue weighted by Crippen LogP contribution is 2.39. The number of aromatic nitrogens is 3. The summed E-state index contributed by atoms with van der Waals surface area (Å²) in [5, 5.41) is 8.14.